The quantitative estimate of drug-likeness (QED) is 0.735. The minimum absolute atomic E-state index is 0.418. The SMILES string of the molecule is CC1OC(C)C(CNCCCN2CCCC2)C1C. The molecule has 2 heterocycles. The number of rotatable bonds is 6. The van der Waals surface area contributed by atoms with Gasteiger partial charge in [-0.05, 0) is 65.2 Å². The zero-order valence-electron chi connectivity index (χ0n) is 12.3. The third-order valence-corrected chi connectivity index (χ3v) is 4.85. The summed E-state index contributed by atoms with van der Waals surface area (Å²) >= 11 is 0. The monoisotopic (exact) mass is 254 g/mol. The predicted octanol–water partition coefficient (Wildman–Crippen LogP) is 2.12. The lowest BCUT2D eigenvalue weighted by Crippen LogP contribution is -2.32. The molecule has 2 fully saturated rings. The van der Waals surface area contributed by atoms with Crippen molar-refractivity contribution in [3.05, 3.63) is 0 Å². The molecule has 106 valence electrons. The first-order valence-electron chi connectivity index (χ1n) is 7.77. The van der Waals surface area contributed by atoms with E-state index in [1.165, 1.54) is 38.9 Å². The highest BCUT2D eigenvalue weighted by atomic mass is 16.5. The molecule has 3 heteroatoms. The zero-order valence-corrected chi connectivity index (χ0v) is 12.3. The lowest BCUT2D eigenvalue weighted by atomic mass is 9.89. The van der Waals surface area contributed by atoms with Gasteiger partial charge < -0.3 is 15.0 Å². The van der Waals surface area contributed by atoms with Crippen molar-refractivity contribution in [2.45, 2.75) is 52.2 Å². The van der Waals surface area contributed by atoms with Gasteiger partial charge >= 0.3 is 0 Å². The number of hydrogen-bond acceptors (Lipinski definition) is 3. The summed E-state index contributed by atoms with van der Waals surface area (Å²) < 4.78 is 5.88. The van der Waals surface area contributed by atoms with Gasteiger partial charge in [-0.3, -0.25) is 0 Å². The second kappa shape index (κ2) is 6.88. The van der Waals surface area contributed by atoms with E-state index in [1.807, 2.05) is 0 Å². The first kappa shape index (κ1) is 14.3. The molecular formula is C15H30N2O. The van der Waals surface area contributed by atoms with Crippen molar-refractivity contribution in [2.24, 2.45) is 11.8 Å². The van der Waals surface area contributed by atoms with Crippen LogP contribution in [0.25, 0.3) is 0 Å². The molecule has 0 spiro atoms. The van der Waals surface area contributed by atoms with Gasteiger partial charge in [0.1, 0.15) is 0 Å². The summed E-state index contributed by atoms with van der Waals surface area (Å²) in [6, 6.07) is 0. The van der Waals surface area contributed by atoms with Crippen molar-refractivity contribution in [3.8, 4) is 0 Å². The maximum Gasteiger partial charge on any atom is 0.0594 e. The van der Waals surface area contributed by atoms with Gasteiger partial charge in [0, 0.05) is 12.5 Å². The Morgan fingerprint density at radius 1 is 1.11 bits per heavy atom. The molecule has 2 aliphatic rings. The predicted molar refractivity (Wildman–Crippen MR) is 75.8 cm³/mol. The Kier molecular flexibility index (Phi) is 5.46. The minimum atomic E-state index is 0.418. The summed E-state index contributed by atoms with van der Waals surface area (Å²) in [5.74, 6) is 1.37. The fourth-order valence-electron chi connectivity index (χ4n) is 3.39. The molecule has 2 rings (SSSR count). The Morgan fingerprint density at radius 3 is 2.44 bits per heavy atom. The van der Waals surface area contributed by atoms with Gasteiger partial charge in [0.25, 0.3) is 0 Å². The third-order valence-electron chi connectivity index (χ3n) is 4.85. The molecule has 18 heavy (non-hydrogen) atoms. The Hall–Kier alpha value is -0.120. The lowest BCUT2D eigenvalue weighted by molar-refractivity contribution is 0.0511. The van der Waals surface area contributed by atoms with Gasteiger partial charge in [-0.2, -0.15) is 0 Å². The molecule has 0 aromatic heterocycles. The number of nitrogens with zero attached hydrogens (tertiary/aromatic N) is 1. The Bertz CT molecular complexity index is 241. The summed E-state index contributed by atoms with van der Waals surface area (Å²) in [4.78, 5) is 2.59. The van der Waals surface area contributed by atoms with Gasteiger partial charge in [-0.25, -0.2) is 0 Å². The Balaban J connectivity index is 1.55. The average Bonchev–Trinajstić information content (AvgIpc) is 2.92. The van der Waals surface area contributed by atoms with Crippen LogP contribution in [0.15, 0.2) is 0 Å². The van der Waals surface area contributed by atoms with E-state index < -0.39 is 0 Å². The summed E-state index contributed by atoms with van der Waals surface area (Å²) in [6.07, 6.45) is 4.93. The van der Waals surface area contributed by atoms with Crippen LogP contribution in [0.1, 0.15) is 40.0 Å². The summed E-state index contributed by atoms with van der Waals surface area (Å²) in [7, 11) is 0. The smallest absolute Gasteiger partial charge is 0.0594 e. The van der Waals surface area contributed by atoms with Crippen LogP contribution in [0.4, 0.5) is 0 Å². The number of hydrogen-bond donors (Lipinski definition) is 1. The van der Waals surface area contributed by atoms with Crippen LogP contribution >= 0.6 is 0 Å². The molecule has 4 atom stereocenters. The van der Waals surface area contributed by atoms with Crippen LogP contribution in [0.3, 0.4) is 0 Å². The minimum Gasteiger partial charge on any atom is -0.375 e. The average molecular weight is 254 g/mol. The van der Waals surface area contributed by atoms with Gasteiger partial charge in [0.15, 0.2) is 0 Å². The van der Waals surface area contributed by atoms with Gasteiger partial charge in [0.2, 0.25) is 0 Å². The number of ether oxygens (including phenoxy) is 1. The van der Waals surface area contributed by atoms with E-state index >= 15 is 0 Å². The van der Waals surface area contributed by atoms with Gasteiger partial charge in [-0.15, -0.1) is 0 Å². The summed E-state index contributed by atoms with van der Waals surface area (Å²) in [6.45, 7) is 12.9. The highest BCUT2D eigenvalue weighted by Crippen LogP contribution is 2.31. The molecule has 0 aliphatic carbocycles. The van der Waals surface area contributed by atoms with E-state index in [2.05, 4.69) is 31.0 Å². The molecule has 0 amide bonds. The summed E-state index contributed by atoms with van der Waals surface area (Å²) in [5, 5.41) is 3.63. The third kappa shape index (κ3) is 3.69. The normalized spacial score (nSPS) is 37.5. The molecule has 0 bridgehead atoms. The molecule has 0 radical (unpaired) electrons. The van der Waals surface area contributed by atoms with E-state index in [4.69, 9.17) is 4.74 Å². The number of likely N-dealkylation sites (tertiary alicyclic amines) is 1. The Morgan fingerprint density at radius 2 is 1.83 bits per heavy atom. The molecule has 0 aromatic rings. The topological polar surface area (TPSA) is 24.5 Å². The van der Waals surface area contributed by atoms with Crippen molar-refractivity contribution >= 4 is 0 Å². The molecule has 0 saturated carbocycles. The first-order valence-corrected chi connectivity index (χ1v) is 7.77. The van der Waals surface area contributed by atoms with E-state index in [-0.39, 0.29) is 0 Å². The van der Waals surface area contributed by atoms with Crippen LogP contribution in [0.5, 0.6) is 0 Å². The van der Waals surface area contributed by atoms with Crippen molar-refractivity contribution in [1.29, 1.82) is 0 Å². The zero-order chi connectivity index (χ0) is 13.0. The lowest BCUT2D eigenvalue weighted by Gasteiger charge is -2.20. The largest absolute Gasteiger partial charge is 0.375 e. The van der Waals surface area contributed by atoms with Gasteiger partial charge in [0.05, 0.1) is 12.2 Å². The molecule has 1 N–H and O–H groups in total. The highest BCUT2D eigenvalue weighted by Gasteiger charge is 2.36. The van der Waals surface area contributed by atoms with Crippen LogP contribution < -0.4 is 5.32 Å². The molecule has 0 aromatic carbocycles. The molecule has 2 aliphatic heterocycles. The van der Waals surface area contributed by atoms with Gasteiger partial charge in [-0.1, -0.05) is 6.92 Å². The molecule has 4 unspecified atom stereocenters. The summed E-state index contributed by atoms with van der Waals surface area (Å²) in [5.41, 5.74) is 0. The van der Waals surface area contributed by atoms with Crippen molar-refractivity contribution in [1.82, 2.24) is 10.2 Å². The maximum absolute atomic E-state index is 5.88. The van der Waals surface area contributed by atoms with Crippen LogP contribution in [0, 0.1) is 11.8 Å². The van der Waals surface area contributed by atoms with E-state index in [1.54, 1.807) is 0 Å². The standard InChI is InChI=1S/C15H30N2O/c1-12-13(2)18-14(3)15(12)11-16-7-6-10-17-8-4-5-9-17/h12-16H,4-11H2,1-3H3. The maximum atomic E-state index is 5.88. The molecule has 2 saturated heterocycles. The van der Waals surface area contributed by atoms with Crippen LogP contribution in [0.2, 0.25) is 0 Å². The van der Waals surface area contributed by atoms with E-state index in [0.717, 1.165) is 13.1 Å². The van der Waals surface area contributed by atoms with Crippen molar-refractivity contribution in [2.75, 3.05) is 32.7 Å². The van der Waals surface area contributed by atoms with Crippen LogP contribution in [-0.4, -0.2) is 49.8 Å². The second-order valence-electron chi connectivity index (χ2n) is 6.18. The fourth-order valence-corrected chi connectivity index (χ4v) is 3.39. The van der Waals surface area contributed by atoms with E-state index in [0.29, 0.717) is 24.0 Å². The number of nitrogens with one attached hydrogen (secondary N) is 1. The molecular weight excluding hydrogens is 224 g/mol. The highest BCUT2D eigenvalue weighted by molar-refractivity contribution is 4.85. The first-order chi connectivity index (χ1) is 8.68. The van der Waals surface area contributed by atoms with Crippen molar-refractivity contribution < 1.29 is 4.74 Å². The van der Waals surface area contributed by atoms with Crippen LogP contribution in [-0.2, 0) is 4.74 Å². The Labute approximate surface area is 112 Å². The van der Waals surface area contributed by atoms with E-state index in [9.17, 15) is 0 Å². The molecule has 3 nitrogen and oxygen atoms in total. The van der Waals surface area contributed by atoms with Crippen molar-refractivity contribution in [3.63, 3.8) is 0 Å². The fraction of sp³-hybridized carbons (Fsp3) is 1.00. The second-order valence-corrected chi connectivity index (χ2v) is 6.18.